The number of hydrogen-bond acceptors (Lipinski definition) is 9. The van der Waals surface area contributed by atoms with Gasteiger partial charge in [0.25, 0.3) is 11.8 Å². The molecular weight excluding hydrogens is 602 g/mol. The Hall–Kier alpha value is -4.84. The third-order valence-electron chi connectivity index (χ3n) is 8.78. The molecule has 12 heteroatoms. The summed E-state index contributed by atoms with van der Waals surface area (Å²) in [5.74, 6) is 1.71. The first-order chi connectivity index (χ1) is 22.7. The van der Waals surface area contributed by atoms with Crippen molar-refractivity contribution >= 4 is 17.7 Å². The van der Waals surface area contributed by atoms with E-state index in [9.17, 15) is 14.4 Å². The number of benzene rings is 2. The van der Waals surface area contributed by atoms with E-state index in [0.29, 0.717) is 67.8 Å². The number of methoxy groups -OCH3 is 2. The number of carbonyl (C=O) groups is 3. The van der Waals surface area contributed by atoms with Crippen LogP contribution in [-0.2, 0) is 35.6 Å². The molecule has 0 spiro atoms. The van der Waals surface area contributed by atoms with Gasteiger partial charge >= 0.3 is 0 Å². The van der Waals surface area contributed by atoms with Crippen LogP contribution in [0.4, 0.5) is 0 Å². The molecule has 0 aliphatic carbocycles. The smallest absolute Gasteiger partial charge is 0.258 e. The van der Waals surface area contributed by atoms with E-state index in [2.05, 4.69) is 15.5 Å². The number of ether oxygens (including phenoxy) is 4. The van der Waals surface area contributed by atoms with Crippen molar-refractivity contribution in [1.29, 1.82) is 0 Å². The van der Waals surface area contributed by atoms with Gasteiger partial charge in [0.1, 0.15) is 11.9 Å². The first-order valence-corrected chi connectivity index (χ1v) is 15.9. The Bertz CT molecular complexity index is 1640. The molecule has 12 nitrogen and oxygen atoms in total. The molecule has 7 rings (SSSR count). The van der Waals surface area contributed by atoms with Crippen molar-refractivity contribution in [3.8, 4) is 23.1 Å². The van der Waals surface area contributed by atoms with Gasteiger partial charge < -0.3 is 34.5 Å². The summed E-state index contributed by atoms with van der Waals surface area (Å²) >= 11 is 0. The fourth-order valence-corrected chi connectivity index (χ4v) is 6.24. The lowest BCUT2D eigenvalue weighted by Gasteiger charge is -2.21. The van der Waals surface area contributed by atoms with Crippen LogP contribution in [0.1, 0.15) is 53.0 Å². The fourth-order valence-electron chi connectivity index (χ4n) is 6.24. The molecule has 2 aromatic carbocycles. The molecule has 1 saturated heterocycles. The Kier molecular flexibility index (Phi) is 9.48. The molecule has 5 heterocycles. The number of aromatic nitrogens is 1. The summed E-state index contributed by atoms with van der Waals surface area (Å²) < 4.78 is 23.3. The summed E-state index contributed by atoms with van der Waals surface area (Å²) in [7, 11) is 3.13. The normalized spacial score (nSPS) is 20.3. The molecule has 248 valence electrons. The predicted octanol–water partition coefficient (Wildman–Crippen LogP) is 2.85. The van der Waals surface area contributed by atoms with Gasteiger partial charge in [-0.15, -0.1) is 0 Å². The van der Waals surface area contributed by atoms with Crippen LogP contribution in [0.3, 0.4) is 0 Å². The minimum Gasteiger partial charge on any atom is -0.493 e. The van der Waals surface area contributed by atoms with Crippen molar-refractivity contribution in [2.45, 2.75) is 64.5 Å². The number of hydrogen-bond donors (Lipinski definition) is 2. The molecule has 47 heavy (non-hydrogen) atoms. The van der Waals surface area contributed by atoms with Gasteiger partial charge in [0.15, 0.2) is 18.1 Å². The van der Waals surface area contributed by atoms with Crippen molar-refractivity contribution in [2.75, 3.05) is 33.9 Å². The van der Waals surface area contributed by atoms with Gasteiger partial charge in [0.2, 0.25) is 11.8 Å². The minimum absolute atomic E-state index is 0.0243. The number of carbonyl (C=O) groups excluding carboxylic acids is 3. The van der Waals surface area contributed by atoms with Crippen LogP contribution in [0.15, 0.2) is 48.5 Å². The van der Waals surface area contributed by atoms with E-state index in [1.54, 1.807) is 31.3 Å². The highest BCUT2D eigenvalue weighted by Gasteiger charge is 2.37. The van der Waals surface area contributed by atoms with Gasteiger partial charge in [0, 0.05) is 44.2 Å². The van der Waals surface area contributed by atoms with Crippen LogP contribution in [-0.4, -0.2) is 84.6 Å². The van der Waals surface area contributed by atoms with Gasteiger partial charge in [-0.1, -0.05) is 18.2 Å². The highest BCUT2D eigenvalue weighted by molar-refractivity contribution is 5.98. The maximum Gasteiger partial charge on any atom is 0.258 e. The first kappa shape index (κ1) is 32.1. The number of likely N-dealkylation sites (tertiary alicyclic amines) is 1. The molecule has 2 N–H and O–H groups in total. The molecule has 4 aliphatic rings. The molecule has 0 radical (unpaired) electrons. The number of pyridine rings is 1. The van der Waals surface area contributed by atoms with Gasteiger partial charge in [-0.3, -0.25) is 19.3 Å². The van der Waals surface area contributed by atoms with E-state index in [0.717, 1.165) is 22.4 Å². The summed E-state index contributed by atoms with van der Waals surface area (Å²) in [5.41, 5.74) is 3.93. The quantitative estimate of drug-likeness (QED) is 0.431. The number of amides is 3. The summed E-state index contributed by atoms with van der Waals surface area (Å²) in [6.45, 7) is 6.16. The second-order valence-electron chi connectivity index (χ2n) is 12.4. The van der Waals surface area contributed by atoms with Crippen molar-refractivity contribution < 1.29 is 33.3 Å². The average Bonchev–Trinajstić information content (AvgIpc) is 3.60. The van der Waals surface area contributed by atoms with E-state index in [-0.39, 0.29) is 48.9 Å². The SMILES string of the molecule is COc1ccc2cc1OCC(=O)NCc1ccc(cc1)O[C@H]1CN(Cc3cc4c(nc3OC)CN(C(C)C)C4=O)C[C@@H]1NC(=O)CC2. The van der Waals surface area contributed by atoms with Crippen LogP contribution in [0.5, 0.6) is 23.1 Å². The Balaban J connectivity index is 1.23. The Labute approximate surface area is 274 Å². The molecule has 3 amide bonds. The van der Waals surface area contributed by atoms with Gasteiger partial charge in [-0.2, -0.15) is 0 Å². The monoisotopic (exact) mass is 643 g/mol. The zero-order valence-electron chi connectivity index (χ0n) is 27.2. The Morgan fingerprint density at radius 3 is 2.49 bits per heavy atom. The maximum atomic E-state index is 13.3. The Morgan fingerprint density at radius 2 is 1.74 bits per heavy atom. The highest BCUT2D eigenvalue weighted by atomic mass is 16.5. The summed E-state index contributed by atoms with van der Waals surface area (Å²) in [4.78, 5) is 47.6. The summed E-state index contributed by atoms with van der Waals surface area (Å²) in [6.07, 6.45) is 0.390. The van der Waals surface area contributed by atoms with Crippen LogP contribution in [0.25, 0.3) is 0 Å². The molecule has 1 fully saturated rings. The van der Waals surface area contributed by atoms with E-state index >= 15 is 0 Å². The number of rotatable bonds is 5. The third kappa shape index (κ3) is 7.27. The lowest BCUT2D eigenvalue weighted by molar-refractivity contribution is -0.123. The van der Waals surface area contributed by atoms with E-state index in [4.69, 9.17) is 23.9 Å². The van der Waals surface area contributed by atoms with Crippen molar-refractivity contribution in [3.05, 3.63) is 76.5 Å². The number of nitrogens with zero attached hydrogens (tertiary/aromatic N) is 3. The molecule has 1 aromatic heterocycles. The zero-order chi connectivity index (χ0) is 33.1. The first-order valence-electron chi connectivity index (χ1n) is 15.9. The molecular formula is C35H41N5O7. The summed E-state index contributed by atoms with van der Waals surface area (Å²) in [6, 6.07) is 14.7. The largest absolute Gasteiger partial charge is 0.493 e. The lowest BCUT2D eigenvalue weighted by Crippen LogP contribution is -2.45. The zero-order valence-corrected chi connectivity index (χ0v) is 27.2. The minimum atomic E-state index is -0.334. The Morgan fingerprint density at radius 1 is 0.957 bits per heavy atom. The maximum absolute atomic E-state index is 13.3. The van der Waals surface area contributed by atoms with E-state index in [1.165, 1.54) is 0 Å². The van der Waals surface area contributed by atoms with Crippen LogP contribution in [0, 0.1) is 0 Å². The van der Waals surface area contributed by atoms with Crippen molar-refractivity contribution in [3.63, 3.8) is 0 Å². The second-order valence-corrected chi connectivity index (χ2v) is 12.4. The number of nitrogens with one attached hydrogen (secondary N) is 2. The number of aryl methyl sites for hydroxylation is 1. The molecule has 3 aromatic rings. The topological polar surface area (TPSA) is 132 Å². The molecule has 2 atom stereocenters. The predicted molar refractivity (Wildman–Crippen MR) is 173 cm³/mol. The van der Waals surface area contributed by atoms with Gasteiger partial charge in [-0.05, 0) is 61.7 Å². The van der Waals surface area contributed by atoms with Crippen LogP contribution >= 0.6 is 0 Å². The second kappa shape index (κ2) is 13.9. The van der Waals surface area contributed by atoms with E-state index < -0.39 is 0 Å². The lowest BCUT2D eigenvalue weighted by atomic mass is 10.1. The molecule has 4 bridgehead atoms. The fraction of sp³-hybridized carbons (Fsp3) is 0.429. The van der Waals surface area contributed by atoms with Gasteiger partial charge in [-0.25, -0.2) is 4.98 Å². The van der Waals surface area contributed by atoms with Crippen molar-refractivity contribution in [1.82, 2.24) is 25.4 Å². The standard InChI is InChI=1S/C35H41N5O7/c1-21(2)40-18-27-26(35(40)43)14-24(34(38-27)45-4)16-39-17-28-31(19-39)47-25-9-5-23(6-10-25)15-36-33(42)20-46-30-13-22(7-11-29(30)44-3)8-12-32(41)37-28/h5-7,9-11,13-14,21,28,31H,8,12,15-20H2,1-4H3,(H,36,42)(H,37,41)/t28-,31-/m0/s1. The average molecular weight is 644 g/mol. The van der Waals surface area contributed by atoms with Crippen LogP contribution in [0.2, 0.25) is 0 Å². The molecule has 0 saturated carbocycles. The summed E-state index contributed by atoms with van der Waals surface area (Å²) in [5, 5.41) is 6.09. The van der Waals surface area contributed by atoms with Crippen LogP contribution < -0.4 is 29.6 Å². The van der Waals surface area contributed by atoms with Gasteiger partial charge in [0.05, 0.1) is 38.1 Å². The highest BCUT2D eigenvalue weighted by Crippen LogP contribution is 2.31. The van der Waals surface area contributed by atoms with E-state index in [1.807, 2.05) is 50.2 Å². The molecule has 4 aliphatic heterocycles. The third-order valence-corrected chi connectivity index (χ3v) is 8.78. The van der Waals surface area contributed by atoms with Crippen molar-refractivity contribution in [2.24, 2.45) is 0 Å². The molecule has 0 unspecified atom stereocenters. The number of fused-ring (bicyclic) bond motifs is 10.